The predicted octanol–water partition coefficient (Wildman–Crippen LogP) is 3.67. The molecule has 4 heteroatoms. The largest absolute Gasteiger partial charge is 0.370 e. The molecule has 3 nitrogen and oxygen atoms in total. The second kappa shape index (κ2) is 8.99. The van der Waals surface area contributed by atoms with E-state index >= 15 is 0 Å². The molecule has 0 aromatic heterocycles. The summed E-state index contributed by atoms with van der Waals surface area (Å²) in [5, 5.41) is 3.18. The fourth-order valence-electron chi connectivity index (χ4n) is 2.47. The van der Waals surface area contributed by atoms with Crippen molar-refractivity contribution in [1.82, 2.24) is 5.32 Å². The number of aliphatic imine (C=N–C) groups is 1. The monoisotopic (exact) mass is 367 g/mol. The van der Waals surface area contributed by atoms with E-state index in [9.17, 15) is 0 Å². The summed E-state index contributed by atoms with van der Waals surface area (Å²) in [6.07, 6.45) is 9.67. The van der Waals surface area contributed by atoms with Gasteiger partial charge in [-0.05, 0) is 33.1 Å². The maximum atomic E-state index is 5.80. The Labute approximate surface area is 129 Å². The topological polar surface area (TPSA) is 50.4 Å². The Bertz CT molecular complexity index is 240. The Kier molecular flexibility index (Phi) is 8.99. The minimum atomic E-state index is 0. The summed E-state index contributed by atoms with van der Waals surface area (Å²) in [7, 11) is 0. The molecule has 1 rings (SSSR count). The van der Waals surface area contributed by atoms with Crippen LogP contribution >= 0.6 is 24.0 Å². The Morgan fingerprint density at radius 3 is 2.39 bits per heavy atom. The minimum absolute atomic E-state index is 0. The van der Waals surface area contributed by atoms with E-state index in [-0.39, 0.29) is 29.5 Å². The van der Waals surface area contributed by atoms with Gasteiger partial charge in [-0.15, -0.1) is 24.0 Å². The lowest BCUT2D eigenvalue weighted by Gasteiger charge is -2.20. The number of rotatable bonds is 5. The van der Waals surface area contributed by atoms with Gasteiger partial charge in [0.1, 0.15) is 0 Å². The van der Waals surface area contributed by atoms with Crippen LogP contribution in [0.3, 0.4) is 0 Å². The molecule has 18 heavy (non-hydrogen) atoms. The van der Waals surface area contributed by atoms with Crippen molar-refractivity contribution in [1.29, 1.82) is 0 Å². The van der Waals surface area contributed by atoms with Crippen LogP contribution in [-0.4, -0.2) is 18.0 Å². The van der Waals surface area contributed by atoms with Crippen molar-refractivity contribution in [3.05, 3.63) is 0 Å². The van der Waals surface area contributed by atoms with Crippen LogP contribution in [0, 0.1) is 5.92 Å². The fourth-order valence-corrected chi connectivity index (χ4v) is 2.47. The quantitative estimate of drug-likeness (QED) is 0.337. The van der Waals surface area contributed by atoms with Crippen LogP contribution in [0.2, 0.25) is 0 Å². The molecular formula is C14H30IN3. The highest BCUT2D eigenvalue weighted by Crippen LogP contribution is 2.28. The third-order valence-electron chi connectivity index (χ3n) is 3.28. The average Bonchev–Trinajstić information content (AvgIpc) is 2.67. The smallest absolute Gasteiger partial charge is 0.188 e. The van der Waals surface area contributed by atoms with Gasteiger partial charge >= 0.3 is 0 Å². The molecule has 0 atom stereocenters. The summed E-state index contributed by atoms with van der Waals surface area (Å²) in [6.45, 7) is 7.14. The maximum Gasteiger partial charge on any atom is 0.188 e. The van der Waals surface area contributed by atoms with Crippen molar-refractivity contribution in [2.45, 2.75) is 71.3 Å². The zero-order chi connectivity index (χ0) is 12.7. The number of hydrogen-bond acceptors (Lipinski definition) is 1. The molecule has 1 fully saturated rings. The number of nitrogens with one attached hydrogen (secondary N) is 1. The highest BCUT2D eigenvalue weighted by Gasteiger charge is 2.13. The Morgan fingerprint density at radius 1 is 1.22 bits per heavy atom. The number of unbranched alkanes of at least 4 members (excludes halogenated alkanes) is 1. The first-order valence-corrected chi connectivity index (χ1v) is 7.05. The second-order valence-corrected chi connectivity index (χ2v) is 6.29. The van der Waals surface area contributed by atoms with Crippen LogP contribution in [0.1, 0.15) is 65.7 Å². The van der Waals surface area contributed by atoms with Crippen molar-refractivity contribution in [3.8, 4) is 0 Å². The molecule has 0 aliphatic heterocycles. The lowest BCUT2D eigenvalue weighted by Crippen LogP contribution is -2.45. The highest BCUT2D eigenvalue weighted by atomic mass is 127. The molecular weight excluding hydrogens is 337 g/mol. The summed E-state index contributed by atoms with van der Waals surface area (Å²) in [6, 6.07) is 0. The first kappa shape index (κ1) is 18.0. The molecule has 3 N–H and O–H groups in total. The van der Waals surface area contributed by atoms with Crippen molar-refractivity contribution >= 4 is 29.9 Å². The third-order valence-corrected chi connectivity index (χ3v) is 3.28. The predicted molar refractivity (Wildman–Crippen MR) is 90.6 cm³/mol. The molecule has 0 bridgehead atoms. The van der Waals surface area contributed by atoms with Crippen molar-refractivity contribution in [2.24, 2.45) is 16.6 Å². The molecule has 0 amide bonds. The van der Waals surface area contributed by atoms with E-state index in [1.165, 1.54) is 44.9 Å². The van der Waals surface area contributed by atoms with Gasteiger partial charge in [0.2, 0.25) is 0 Å². The number of guanidine groups is 1. The van der Waals surface area contributed by atoms with Gasteiger partial charge in [0.25, 0.3) is 0 Å². The first-order valence-electron chi connectivity index (χ1n) is 7.05. The standard InChI is InChI=1S/C14H29N3.HI/c1-14(2,3)17-13(15)16-11-7-6-10-12-8-4-5-9-12;/h12H,4-11H2,1-3H3,(H3,15,16,17);1H. The van der Waals surface area contributed by atoms with Crippen molar-refractivity contribution in [3.63, 3.8) is 0 Å². The zero-order valence-electron chi connectivity index (χ0n) is 12.2. The molecule has 1 aliphatic rings. The van der Waals surface area contributed by atoms with Gasteiger partial charge in [0, 0.05) is 12.1 Å². The number of hydrogen-bond donors (Lipinski definition) is 2. The average molecular weight is 367 g/mol. The lowest BCUT2D eigenvalue weighted by atomic mass is 10.0. The van der Waals surface area contributed by atoms with Gasteiger partial charge in [-0.1, -0.05) is 38.5 Å². The van der Waals surface area contributed by atoms with Gasteiger partial charge in [0.05, 0.1) is 0 Å². The van der Waals surface area contributed by atoms with Crippen molar-refractivity contribution in [2.75, 3.05) is 6.54 Å². The van der Waals surface area contributed by atoms with Crippen LogP contribution < -0.4 is 11.1 Å². The van der Waals surface area contributed by atoms with E-state index in [1.807, 2.05) is 0 Å². The van der Waals surface area contributed by atoms with E-state index < -0.39 is 0 Å². The molecule has 0 unspecified atom stereocenters. The minimum Gasteiger partial charge on any atom is -0.370 e. The summed E-state index contributed by atoms with van der Waals surface area (Å²) < 4.78 is 0. The van der Waals surface area contributed by atoms with E-state index in [1.54, 1.807) is 0 Å². The molecule has 1 saturated carbocycles. The normalized spacial score (nSPS) is 17.6. The van der Waals surface area contributed by atoms with Gasteiger partial charge in [-0.25, -0.2) is 0 Å². The molecule has 0 heterocycles. The SMILES string of the molecule is CC(C)(C)NC(N)=NCCCCC1CCCC1.I. The molecule has 0 aromatic rings. The van der Waals surface area contributed by atoms with Crippen LogP contribution in [0.5, 0.6) is 0 Å². The Hall–Kier alpha value is 0. The zero-order valence-corrected chi connectivity index (χ0v) is 14.5. The third kappa shape index (κ3) is 9.00. The van der Waals surface area contributed by atoms with Crippen LogP contribution in [0.4, 0.5) is 0 Å². The van der Waals surface area contributed by atoms with Crippen LogP contribution in [-0.2, 0) is 0 Å². The number of nitrogens with two attached hydrogens (primary N) is 1. The summed E-state index contributed by atoms with van der Waals surface area (Å²) >= 11 is 0. The van der Waals surface area contributed by atoms with Gasteiger partial charge in [0.15, 0.2) is 5.96 Å². The molecule has 1 aliphatic carbocycles. The van der Waals surface area contributed by atoms with Gasteiger partial charge < -0.3 is 11.1 Å². The second-order valence-electron chi connectivity index (χ2n) is 6.29. The number of nitrogens with zero attached hydrogens (tertiary/aromatic N) is 1. The van der Waals surface area contributed by atoms with E-state index in [0.29, 0.717) is 5.96 Å². The molecule has 0 radical (unpaired) electrons. The van der Waals surface area contributed by atoms with Gasteiger partial charge in [-0.3, -0.25) is 4.99 Å². The van der Waals surface area contributed by atoms with E-state index in [0.717, 1.165) is 12.5 Å². The fraction of sp³-hybridized carbons (Fsp3) is 0.929. The summed E-state index contributed by atoms with van der Waals surface area (Å²) in [4.78, 5) is 4.36. The first-order chi connectivity index (χ1) is 7.97. The molecule has 0 saturated heterocycles. The Balaban J connectivity index is 0.00000289. The van der Waals surface area contributed by atoms with E-state index in [4.69, 9.17) is 5.73 Å². The Morgan fingerprint density at radius 2 is 1.83 bits per heavy atom. The number of halogens is 1. The lowest BCUT2D eigenvalue weighted by molar-refractivity contribution is 0.475. The van der Waals surface area contributed by atoms with Gasteiger partial charge in [-0.2, -0.15) is 0 Å². The summed E-state index contributed by atoms with van der Waals surface area (Å²) in [5.41, 5.74) is 5.81. The van der Waals surface area contributed by atoms with Crippen LogP contribution in [0.25, 0.3) is 0 Å². The highest BCUT2D eigenvalue weighted by molar-refractivity contribution is 14.0. The maximum absolute atomic E-state index is 5.80. The summed E-state index contributed by atoms with van der Waals surface area (Å²) in [5.74, 6) is 1.59. The molecule has 108 valence electrons. The van der Waals surface area contributed by atoms with Crippen LogP contribution in [0.15, 0.2) is 4.99 Å². The van der Waals surface area contributed by atoms with Crippen molar-refractivity contribution < 1.29 is 0 Å². The molecule has 0 spiro atoms. The molecule has 0 aromatic carbocycles. The van der Waals surface area contributed by atoms with E-state index in [2.05, 4.69) is 31.1 Å².